The largest absolute Gasteiger partial charge is 0.495 e. The van der Waals surface area contributed by atoms with Crippen molar-refractivity contribution >= 4 is 9.84 Å². The molecule has 0 unspecified atom stereocenters. The van der Waals surface area contributed by atoms with Crippen LogP contribution < -0.4 is 14.8 Å². The molecule has 0 spiro atoms. The summed E-state index contributed by atoms with van der Waals surface area (Å²) < 4.78 is 50.8. The van der Waals surface area contributed by atoms with E-state index in [4.69, 9.17) is 9.47 Å². The van der Waals surface area contributed by atoms with E-state index in [1.54, 1.807) is 12.1 Å². The van der Waals surface area contributed by atoms with Crippen molar-refractivity contribution in [2.75, 3.05) is 20.2 Å². The molecule has 1 N–H and O–H groups in total. The Morgan fingerprint density at radius 1 is 1.28 bits per heavy atom. The van der Waals surface area contributed by atoms with Gasteiger partial charge < -0.3 is 14.8 Å². The van der Waals surface area contributed by atoms with Crippen LogP contribution in [0, 0.1) is 5.82 Å². The molecule has 0 aromatic heterocycles. The molecule has 2 aliphatic rings. The highest BCUT2D eigenvalue weighted by molar-refractivity contribution is 7.91. The number of piperidine rings is 1. The van der Waals surface area contributed by atoms with Gasteiger partial charge in [-0.25, -0.2) is 12.8 Å². The van der Waals surface area contributed by atoms with Crippen molar-refractivity contribution in [2.24, 2.45) is 0 Å². The molecule has 0 saturated carbocycles. The molecule has 5 nitrogen and oxygen atoms in total. The predicted molar refractivity (Wildman–Crippen MR) is 89.5 cm³/mol. The number of benzene rings is 2. The fourth-order valence-corrected chi connectivity index (χ4v) is 5.02. The fraction of sp³-hybridized carbons (Fsp3) is 0.333. The third kappa shape index (κ3) is 2.67. The van der Waals surface area contributed by atoms with Crippen LogP contribution in [-0.4, -0.2) is 34.7 Å². The maximum absolute atomic E-state index is 13.5. The number of hydrogen-bond acceptors (Lipinski definition) is 5. The van der Waals surface area contributed by atoms with Crippen LogP contribution in [-0.2, 0) is 9.84 Å². The number of sulfone groups is 1. The Bertz CT molecular complexity index is 929. The minimum atomic E-state index is -3.90. The molecule has 0 aliphatic carbocycles. The quantitative estimate of drug-likeness (QED) is 0.908. The van der Waals surface area contributed by atoms with E-state index in [0.717, 1.165) is 31.1 Å². The lowest BCUT2D eigenvalue weighted by Gasteiger charge is -2.24. The zero-order chi connectivity index (χ0) is 17.6. The second-order valence-corrected chi connectivity index (χ2v) is 8.18. The molecule has 25 heavy (non-hydrogen) atoms. The Morgan fingerprint density at radius 2 is 2.12 bits per heavy atom. The maximum Gasteiger partial charge on any atom is 0.210 e. The fourth-order valence-electron chi connectivity index (χ4n) is 3.55. The van der Waals surface area contributed by atoms with Crippen LogP contribution in [0.3, 0.4) is 0 Å². The van der Waals surface area contributed by atoms with Crippen LogP contribution in [0.25, 0.3) is 0 Å². The van der Waals surface area contributed by atoms with Gasteiger partial charge >= 0.3 is 0 Å². The summed E-state index contributed by atoms with van der Waals surface area (Å²) in [4.78, 5) is -0.0475. The van der Waals surface area contributed by atoms with E-state index in [1.807, 2.05) is 0 Å². The summed E-state index contributed by atoms with van der Waals surface area (Å²) in [5.41, 5.74) is 0.877. The number of ether oxygens (including phenoxy) is 2. The molecule has 132 valence electrons. The van der Waals surface area contributed by atoms with Gasteiger partial charge in [0.2, 0.25) is 9.84 Å². The molecule has 0 amide bonds. The van der Waals surface area contributed by atoms with Gasteiger partial charge in [0.15, 0.2) is 0 Å². The average Bonchev–Trinajstić information content (AvgIpc) is 2.98. The molecule has 2 atom stereocenters. The summed E-state index contributed by atoms with van der Waals surface area (Å²) in [5, 5.41) is 3.28. The van der Waals surface area contributed by atoms with Crippen molar-refractivity contribution in [3.63, 3.8) is 0 Å². The zero-order valence-electron chi connectivity index (χ0n) is 13.7. The third-order valence-corrected chi connectivity index (χ3v) is 6.57. The van der Waals surface area contributed by atoms with E-state index in [0.29, 0.717) is 5.75 Å². The normalized spacial score (nSPS) is 22.0. The van der Waals surface area contributed by atoms with Gasteiger partial charge in [0, 0.05) is 24.1 Å². The van der Waals surface area contributed by atoms with Crippen LogP contribution in [0.15, 0.2) is 46.2 Å². The Labute approximate surface area is 145 Å². The first-order chi connectivity index (χ1) is 12.0. The van der Waals surface area contributed by atoms with Gasteiger partial charge in [-0.2, -0.15) is 0 Å². The molecule has 2 aromatic rings. The number of fused-ring (bicyclic) bond motifs is 3. The number of hydrogen-bond donors (Lipinski definition) is 1. The standard InChI is InChI=1S/C18H18FNO4S/c1-23-16-9-15-14(13-5-6-20-10-17(13)24-15)8-18(16)25(21,22)12-4-2-3-11(19)7-12/h2-4,7-9,13,17,20H,5-6,10H2,1H3/t13-,17-/m0/s1. The highest BCUT2D eigenvalue weighted by Crippen LogP contribution is 2.46. The van der Waals surface area contributed by atoms with Crippen molar-refractivity contribution in [3.8, 4) is 11.5 Å². The van der Waals surface area contributed by atoms with E-state index in [2.05, 4.69) is 5.32 Å². The van der Waals surface area contributed by atoms with Crippen LogP contribution in [0.2, 0.25) is 0 Å². The SMILES string of the molecule is COc1cc2c(cc1S(=O)(=O)c1cccc(F)c1)[C@@H]1CCNC[C@@H]1O2. The third-order valence-electron chi connectivity index (χ3n) is 4.80. The van der Waals surface area contributed by atoms with E-state index in [1.165, 1.54) is 25.3 Å². The van der Waals surface area contributed by atoms with E-state index in [9.17, 15) is 12.8 Å². The lowest BCUT2D eigenvalue weighted by Crippen LogP contribution is -2.39. The van der Waals surface area contributed by atoms with Gasteiger partial charge in [0.1, 0.15) is 28.3 Å². The van der Waals surface area contributed by atoms with Crippen LogP contribution >= 0.6 is 0 Å². The summed E-state index contributed by atoms with van der Waals surface area (Å²) in [6.45, 7) is 1.59. The lowest BCUT2D eigenvalue weighted by molar-refractivity contribution is 0.176. The van der Waals surface area contributed by atoms with Crippen molar-refractivity contribution in [1.29, 1.82) is 0 Å². The van der Waals surface area contributed by atoms with Gasteiger partial charge in [0.25, 0.3) is 0 Å². The monoisotopic (exact) mass is 363 g/mol. The Kier molecular flexibility index (Phi) is 3.92. The summed E-state index contributed by atoms with van der Waals surface area (Å²) in [7, 11) is -2.49. The summed E-state index contributed by atoms with van der Waals surface area (Å²) in [5.74, 6) is 0.426. The molecular formula is C18H18FNO4S. The number of nitrogens with one attached hydrogen (secondary N) is 1. The van der Waals surface area contributed by atoms with Crippen LogP contribution in [0.5, 0.6) is 11.5 Å². The Balaban J connectivity index is 1.85. The first-order valence-electron chi connectivity index (χ1n) is 8.10. The first kappa shape index (κ1) is 16.4. The first-order valence-corrected chi connectivity index (χ1v) is 9.59. The lowest BCUT2D eigenvalue weighted by atomic mass is 9.90. The van der Waals surface area contributed by atoms with Crippen molar-refractivity contribution in [3.05, 3.63) is 47.8 Å². The second kappa shape index (κ2) is 6.00. The van der Waals surface area contributed by atoms with Gasteiger partial charge in [-0.1, -0.05) is 6.07 Å². The molecule has 2 heterocycles. The zero-order valence-corrected chi connectivity index (χ0v) is 14.5. The molecule has 2 aliphatic heterocycles. The molecule has 7 heteroatoms. The van der Waals surface area contributed by atoms with Crippen LogP contribution in [0.4, 0.5) is 4.39 Å². The van der Waals surface area contributed by atoms with E-state index < -0.39 is 15.7 Å². The topological polar surface area (TPSA) is 64.6 Å². The van der Waals surface area contributed by atoms with Gasteiger partial charge in [0.05, 0.1) is 12.0 Å². The van der Waals surface area contributed by atoms with Crippen molar-refractivity contribution in [1.82, 2.24) is 5.32 Å². The minimum absolute atomic E-state index is 0.000537. The Morgan fingerprint density at radius 3 is 2.88 bits per heavy atom. The summed E-state index contributed by atoms with van der Waals surface area (Å²) >= 11 is 0. The number of methoxy groups -OCH3 is 1. The molecular weight excluding hydrogens is 345 g/mol. The average molecular weight is 363 g/mol. The Hall–Kier alpha value is -2.12. The molecule has 4 rings (SSSR count). The smallest absolute Gasteiger partial charge is 0.210 e. The van der Waals surface area contributed by atoms with Gasteiger partial charge in [-0.15, -0.1) is 0 Å². The van der Waals surface area contributed by atoms with Crippen LogP contribution in [0.1, 0.15) is 17.9 Å². The van der Waals surface area contributed by atoms with E-state index in [-0.39, 0.29) is 27.6 Å². The van der Waals surface area contributed by atoms with Crippen molar-refractivity contribution < 1.29 is 22.3 Å². The maximum atomic E-state index is 13.5. The summed E-state index contributed by atoms with van der Waals surface area (Å²) in [6, 6.07) is 8.26. The molecule has 0 bridgehead atoms. The highest BCUT2D eigenvalue weighted by Gasteiger charge is 2.38. The highest BCUT2D eigenvalue weighted by atomic mass is 32.2. The number of rotatable bonds is 3. The molecule has 1 saturated heterocycles. The molecule has 1 fully saturated rings. The second-order valence-electron chi connectivity index (χ2n) is 6.26. The molecule has 2 aromatic carbocycles. The van der Waals surface area contributed by atoms with Gasteiger partial charge in [-0.05, 0) is 37.2 Å². The number of halogens is 1. The van der Waals surface area contributed by atoms with E-state index >= 15 is 0 Å². The van der Waals surface area contributed by atoms with Gasteiger partial charge in [-0.3, -0.25) is 0 Å². The minimum Gasteiger partial charge on any atom is -0.495 e. The van der Waals surface area contributed by atoms with Crippen molar-refractivity contribution in [2.45, 2.75) is 28.2 Å². The summed E-state index contributed by atoms with van der Waals surface area (Å²) in [6.07, 6.45) is 0.879. The predicted octanol–water partition coefficient (Wildman–Crippen LogP) is 2.50. The molecule has 0 radical (unpaired) electrons.